The number of nitrogens with zero attached hydrogens (tertiary/aromatic N) is 3. The number of nitriles is 1. The van der Waals surface area contributed by atoms with Crippen molar-refractivity contribution in [3.63, 3.8) is 0 Å². The molecule has 1 fully saturated rings. The minimum atomic E-state index is -3.49. The molecule has 2 rings (SSSR count). The second-order valence-corrected chi connectivity index (χ2v) is 11.4. The number of hydrogen-bond acceptors (Lipinski definition) is 5. The lowest BCUT2D eigenvalue weighted by Crippen LogP contribution is -2.44. The average molecular weight is 478 g/mol. The summed E-state index contributed by atoms with van der Waals surface area (Å²) in [7, 11) is -3.49. The van der Waals surface area contributed by atoms with E-state index in [9.17, 15) is 13.4 Å². The average Bonchev–Trinajstić information content (AvgIpc) is 3.09. The smallest absolute Gasteiger partial charge is 0.307 e. The Labute approximate surface area is 197 Å². The Morgan fingerprint density at radius 2 is 1.82 bits per heavy atom. The molecule has 2 atom stereocenters. The number of amides is 2. The number of halogens is 1. The molecule has 0 spiro atoms. The first kappa shape index (κ1) is 26.8. The number of rotatable bonds is 7. The molecule has 1 aliphatic heterocycles. The highest BCUT2D eigenvalue weighted by Crippen LogP contribution is 2.34. The van der Waals surface area contributed by atoms with Crippen molar-refractivity contribution in [1.82, 2.24) is 9.62 Å². The Hall–Kier alpha value is -2.44. The highest BCUT2D eigenvalue weighted by Gasteiger charge is 2.36. The van der Waals surface area contributed by atoms with Crippen LogP contribution >= 0.6 is 0 Å². The highest BCUT2D eigenvalue weighted by atomic mass is 32.2. The molecule has 182 valence electrons. The summed E-state index contributed by atoms with van der Waals surface area (Å²) < 4.78 is 33.4. The molecule has 0 bridgehead atoms. The molecule has 0 saturated carbocycles. The summed E-state index contributed by atoms with van der Waals surface area (Å²) in [4.78, 5) is 15.2. The van der Waals surface area contributed by atoms with Crippen LogP contribution in [0.25, 0.3) is 0 Å². The predicted molar refractivity (Wildman–Crippen MR) is 132 cm³/mol. The molecule has 33 heavy (non-hydrogen) atoms. The van der Waals surface area contributed by atoms with Gasteiger partial charge in [-0.2, -0.15) is 5.26 Å². The number of likely N-dealkylation sites (tertiary alicyclic amines) is 1. The lowest BCUT2D eigenvalue weighted by molar-refractivity contribution is 0.159. The van der Waals surface area contributed by atoms with Crippen LogP contribution in [0.1, 0.15) is 84.3 Å². The molecular weight excluding hydrogens is 441 g/mol. The molecule has 0 radical (unpaired) electrons. The van der Waals surface area contributed by atoms with Crippen LogP contribution in [0.3, 0.4) is 0 Å². The second kappa shape index (κ2) is 10.7. The summed E-state index contributed by atoms with van der Waals surface area (Å²) in [5.41, 5.74) is 1.42. The Bertz CT molecular complexity index is 1040. The van der Waals surface area contributed by atoms with Crippen LogP contribution in [-0.4, -0.2) is 33.3 Å². The number of carbonyl (C=O) groups is 1. The molecule has 1 aromatic carbocycles. The number of anilines is 1. The lowest BCUT2D eigenvalue weighted by atomic mass is 9.92. The number of nitrogens with one attached hydrogen (secondary N) is 2. The van der Waals surface area contributed by atoms with E-state index in [0.29, 0.717) is 22.9 Å². The maximum Gasteiger partial charge on any atom is 0.331 e. The maximum absolute atomic E-state index is 14.2. The van der Waals surface area contributed by atoms with E-state index in [1.54, 1.807) is 12.3 Å². The zero-order valence-corrected chi connectivity index (χ0v) is 21.4. The first-order valence-electron chi connectivity index (χ1n) is 11.3. The number of benzene rings is 1. The van der Waals surface area contributed by atoms with E-state index in [-0.39, 0.29) is 23.2 Å². The molecule has 0 aromatic heterocycles. The second-order valence-electron chi connectivity index (χ2n) is 9.64. The topological polar surface area (TPSA) is 97.6 Å². The SMILES string of the molecule is CC(C)c1cc(F)cc(C(C)C)c1NC(=O)NS(=O)(/C=C/[C@]1(C)CCCN1C(C)C)=NC#N. The van der Waals surface area contributed by atoms with E-state index in [4.69, 9.17) is 5.26 Å². The van der Waals surface area contributed by atoms with Crippen LogP contribution in [0, 0.1) is 17.3 Å². The maximum atomic E-state index is 14.2. The molecule has 2 N–H and O–H groups in total. The van der Waals surface area contributed by atoms with E-state index in [2.05, 4.69) is 33.1 Å². The van der Waals surface area contributed by atoms with E-state index in [0.717, 1.165) is 19.4 Å². The zero-order chi connectivity index (χ0) is 25.0. The van der Waals surface area contributed by atoms with Crippen molar-refractivity contribution in [2.75, 3.05) is 11.9 Å². The predicted octanol–water partition coefficient (Wildman–Crippen LogP) is 5.83. The summed E-state index contributed by atoms with van der Waals surface area (Å²) in [5, 5.41) is 13.2. The summed E-state index contributed by atoms with van der Waals surface area (Å²) in [6.07, 6.45) is 5.22. The van der Waals surface area contributed by atoms with Crippen LogP contribution in [0.4, 0.5) is 14.9 Å². The van der Waals surface area contributed by atoms with Crippen molar-refractivity contribution in [1.29, 1.82) is 5.26 Å². The molecule has 1 unspecified atom stereocenters. The van der Waals surface area contributed by atoms with Gasteiger partial charge in [0.15, 0.2) is 9.92 Å². The van der Waals surface area contributed by atoms with Gasteiger partial charge >= 0.3 is 6.03 Å². The van der Waals surface area contributed by atoms with Gasteiger partial charge in [-0.15, -0.1) is 0 Å². The fraction of sp³-hybridized carbons (Fsp3) is 0.583. The van der Waals surface area contributed by atoms with Gasteiger partial charge in [-0.3, -0.25) is 4.90 Å². The van der Waals surface area contributed by atoms with Crippen molar-refractivity contribution < 1.29 is 13.4 Å². The zero-order valence-electron chi connectivity index (χ0n) is 20.6. The third-order valence-corrected chi connectivity index (χ3v) is 7.37. The first-order valence-corrected chi connectivity index (χ1v) is 12.9. The van der Waals surface area contributed by atoms with Gasteiger partial charge in [0.25, 0.3) is 0 Å². The fourth-order valence-electron chi connectivity index (χ4n) is 4.40. The molecule has 1 saturated heterocycles. The standard InChI is InChI=1S/C24H36FN5O2S/c1-16(2)20-13-19(25)14-21(17(3)4)22(20)28-23(31)29-33(32,27-15-26)12-10-24(7)9-8-11-30(24)18(5)6/h10,12-14,16-18H,8-9,11H2,1-7H3,(H2,27,28,29,31,32)/b12-10+/t24-,33?/m0/s1. The van der Waals surface area contributed by atoms with Crippen molar-refractivity contribution >= 4 is 21.6 Å². The largest absolute Gasteiger partial charge is 0.331 e. The minimum Gasteiger partial charge on any atom is -0.307 e. The van der Waals surface area contributed by atoms with Crippen molar-refractivity contribution in [3.8, 4) is 6.19 Å². The van der Waals surface area contributed by atoms with Crippen molar-refractivity contribution in [2.24, 2.45) is 4.36 Å². The quantitative estimate of drug-likeness (QED) is 0.482. The monoisotopic (exact) mass is 477 g/mol. The van der Waals surface area contributed by atoms with E-state index < -0.39 is 15.9 Å². The molecule has 7 nitrogen and oxygen atoms in total. The molecule has 2 amide bonds. The van der Waals surface area contributed by atoms with Crippen molar-refractivity contribution in [3.05, 3.63) is 40.6 Å². The molecule has 1 heterocycles. The molecule has 1 aliphatic rings. The van der Waals surface area contributed by atoms with Gasteiger partial charge in [-0.25, -0.2) is 18.1 Å². The van der Waals surface area contributed by atoms with Crippen LogP contribution < -0.4 is 10.0 Å². The third kappa shape index (κ3) is 6.55. The number of hydrogen-bond donors (Lipinski definition) is 2. The van der Waals surface area contributed by atoms with Crippen LogP contribution in [0.5, 0.6) is 0 Å². The molecule has 0 aliphatic carbocycles. The van der Waals surface area contributed by atoms with E-state index >= 15 is 0 Å². The molecular formula is C24H36FN5O2S. The summed E-state index contributed by atoms with van der Waals surface area (Å²) in [5.74, 6) is -0.476. The van der Waals surface area contributed by atoms with Crippen LogP contribution in [-0.2, 0) is 9.92 Å². The third-order valence-electron chi connectivity index (χ3n) is 6.04. The number of urea groups is 1. The van der Waals surface area contributed by atoms with Gasteiger partial charge in [-0.05, 0) is 75.3 Å². The first-order chi connectivity index (χ1) is 15.3. The van der Waals surface area contributed by atoms with Gasteiger partial charge in [-0.1, -0.05) is 38.1 Å². The Morgan fingerprint density at radius 1 is 1.24 bits per heavy atom. The van der Waals surface area contributed by atoms with Crippen LogP contribution in [0.15, 0.2) is 28.0 Å². The molecule has 1 aromatic rings. The fourth-order valence-corrected chi connectivity index (χ4v) is 5.49. The van der Waals surface area contributed by atoms with Gasteiger partial charge < -0.3 is 5.32 Å². The molecule has 9 heteroatoms. The van der Waals surface area contributed by atoms with Crippen LogP contribution in [0.2, 0.25) is 0 Å². The Kier molecular flexibility index (Phi) is 8.66. The van der Waals surface area contributed by atoms with Crippen molar-refractivity contribution in [2.45, 2.75) is 84.7 Å². The highest BCUT2D eigenvalue weighted by molar-refractivity contribution is 7.95. The van der Waals surface area contributed by atoms with E-state index in [1.807, 2.05) is 34.6 Å². The van der Waals surface area contributed by atoms with E-state index in [1.165, 1.54) is 17.5 Å². The normalized spacial score (nSPS) is 20.9. The van der Waals surface area contributed by atoms with Gasteiger partial charge in [0, 0.05) is 22.7 Å². The summed E-state index contributed by atoms with van der Waals surface area (Å²) in [6, 6.07) is 2.32. The summed E-state index contributed by atoms with van der Waals surface area (Å²) in [6.45, 7) is 14.8. The van der Waals surface area contributed by atoms with Gasteiger partial charge in [0.2, 0.25) is 6.19 Å². The minimum absolute atomic E-state index is 0.0501. The van der Waals surface area contributed by atoms with Gasteiger partial charge in [0.1, 0.15) is 5.82 Å². The number of carbonyl (C=O) groups excluding carboxylic acids is 1. The Balaban J connectivity index is 2.35. The Morgan fingerprint density at radius 3 is 2.30 bits per heavy atom. The lowest BCUT2D eigenvalue weighted by Gasteiger charge is -2.35. The summed E-state index contributed by atoms with van der Waals surface area (Å²) >= 11 is 0. The van der Waals surface area contributed by atoms with Gasteiger partial charge in [0.05, 0.1) is 0 Å².